The number of nitrogens with one attached hydrogen (secondary N) is 2. The predicted octanol–water partition coefficient (Wildman–Crippen LogP) is 3.73. The molecular weight excluding hydrogens is 364 g/mol. The molecule has 2 amide bonds. The summed E-state index contributed by atoms with van der Waals surface area (Å²) < 4.78 is 4.64. The molecule has 2 aromatic heterocycles. The Morgan fingerprint density at radius 1 is 1.20 bits per heavy atom. The van der Waals surface area contributed by atoms with E-state index < -0.39 is 6.03 Å². The normalized spacial score (nSPS) is 10.5. The van der Waals surface area contributed by atoms with Crippen LogP contribution in [0.15, 0.2) is 46.0 Å². The van der Waals surface area contributed by atoms with E-state index in [0.29, 0.717) is 33.2 Å². The molecule has 0 bridgehead atoms. The van der Waals surface area contributed by atoms with Gasteiger partial charge in [-0.2, -0.15) is 0 Å². The number of hydrogen-bond donors (Lipinski definition) is 3. The molecule has 0 saturated carbocycles. The van der Waals surface area contributed by atoms with Crippen molar-refractivity contribution < 1.29 is 9.32 Å². The lowest BCUT2D eigenvalue weighted by molar-refractivity contribution is 0.262. The smallest absolute Gasteiger partial charge is 0.324 e. The number of thioether (sulfide) groups is 1. The summed E-state index contributed by atoms with van der Waals surface area (Å²) in [7, 11) is 0. The van der Waals surface area contributed by atoms with Crippen LogP contribution in [0.4, 0.5) is 22.1 Å². The number of nitrogens with two attached hydrogens (primary N) is 1. The number of carbonyl (C=O) groups excluding carboxylic acids is 1. The van der Waals surface area contributed by atoms with Crippen molar-refractivity contribution in [2.24, 2.45) is 0 Å². The van der Waals surface area contributed by atoms with Crippen molar-refractivity contribution in [3.63, 3.8) is 0 Å². The Morgan fingerprint density at radius 2 is 1.96 bits per heavy atom. The maximum Gasteiger partial charge on any atom is 0.324 e. The van der Waals surface area contributed by atoms with Gasteiger partial charge in [0.2, 0.25) is 0 Å². The number of carbonyl (C=O) groups is 1. The first-order valence-electron chi connectivity index (χ1n) is 7.02. The second-order valence-corrected chi connectivity index (χ2v) is 5.97. The fourth-order valence-electron chi connectivity index (χ4n) is 2.02. The summed E-state index contributed by atoms with van der Waals surface area (Å²) in [6.07, 6.45) is 3.22. The van der Waals surface area contributed by atoms with Crippen LogP contribution >= 0.6 is 23.4 Å². The van der Waals surface area contributed by atoms with Crippen LogP contribution in [-0.4, -0.2) is 27.4 Å². The van der Waals surface area contributed by atoms with Gasteiger partial charge in [-0.1, -0.05) is 16.8 Å². The lowest BCUT2D eigenvalue weighted by Crippen LogP contribution is -2.19. The van der Waals surface area contributed by atoms with Crippen molar-refractivity contribution >= 4 is 46.7 Å². The summed E-state index contributed by atoms with van der Waals surface area (Å²) in [5.74, 6) is 1.07. The summed E-state index contributed by atoms with van der Waals surface area (Å²) in [4.78, 5) is 21.0. The number of urea groups is 1. The highest BCUT2D eigenvalue weighted by atomic mass is 35.5. The van der Waals surface area contributed by atoms with Crippen LogP contribution in [0.3, 0.4) is 0 Å². The van der Waals surface area contributed by atoms with E-state index in [4.69, 9.17) is 17.3 Å². The zero-order valence-electron chi connectivity index (χ0n) is 13.0. The second kappa shape index (κ2) is 7.41. The van der Waals surface area contributed by atoms with Gasteiger partial charge in [0, 0.05) is 17.3 Å². The monoisotopic (exact) mass is 376 g/mol. The van der Waals surface area contributed by atoms with E-state index in [1.807, 2.05) is 6.26 Å². The number of anilines is 3. The van der Waals surface area contributed by atoms with Gasteiger partial charge >= 0.3 is 6.03 Å². The van der Waals surface area contributed by atoms with Crippen LogP contribution in [0.1, 0.15) is 0 Å². The molecule has 128 valence electrons. The number of benzene rings is 1. The summed E-state index contributed by atoms with van der Waals surface area (Å²) in [5, 5.41) is 9.10. The fourth-order valence-corrected chi connectivity index (χ4v) is 2.89. The number of hydrogen-bond acceptors (Lipinski definition) is 7. The summed E-state index contributed by atoms with van der Waals surface area (Å²) >= 11 is 7.51. The zero-order chi connectivity index (χ0) is 17.8. The molecule has 0 unspecified atom stereocenters. The van der Waals surface area contributed by atoms with Crippen LogP contribution < -0.4 is 16.4 Å². The van der Waals surface area contributed by atoms with Gasteiger partial charge in [-0.15, -0.1) is 11.8 Å². The van der Waals surface area contributed by atoms with E-state index in [-0.39, 0.29) is 0 Å². The Balaban J connectivity index is 1.73. The Hall–Kier alpha value is -2.78. The standard InChI is InChI=1S/C15H13ClN6O2S/c1-25-11-12(16)20-14(21-13(11)17)8-2-4-9(5-3-8)18-15(23)19-10-6-7-24-22-10/h2-7H,1H3,(H2,17,20,21)(H2,18,19,22,23). The van der Waals surface area contributed by atoms with Gasteiger partial charge in [0.1, 0.15) is 17.2 Å². The van der Waals surface area contributed by atoms with Crippen molar-refractivity contribution in [2.75, 3.05) is 22.6 Å². The predicted molar refractivity (Wildman–Crippen MR) is 97.8 cm³/mol. The van der Waals surface area contributed by atoms with E-state index in [1.54, 1.807) is 24.3 Å². The Bertz CT molecular complexity index is 863. The average molecular weight is 377 g/mol. The highest BCUT2D eigenvalue weighted by Crippen LogP contribution is 2.30. The molecule has 3 aromatic rings. The van der Waals surface area contributed by atoms with Gasteiger partial charge < -0.3 is 15.6 Å². The van der Waals surface area contributed by atoms with Crippen LogP contribution in [0.5, 0.6) is 0 Å². The Morgan fingerprint density at radius 3 is 2.56 bits per heavy atom. The van der Waals surface area contributed by atoms with Gasteiger partial charge in [0.05, 0.1) is 4.90 Å². The van der Waals surface area contributed by atoms with Gasteiger partial charge in [-0.3, -0.25) is 5.32 Å². The van der Waals surface area contributed by atoms with Gasteiger partial charge in [-0.25, -0.2) is 14.8 Å². The first-order chi connectivity index (χ1) is 12.1. The molecule has 4 N–H and O–H groups in total. The number of amides is 2. The minimum absolute atomic E-state index is 0.309. The molecule has 8 nitrogen and oxygen atoms in total. The molecule has 0 aliphatic heterocycles. The van der Waals surface area contributed by atoms with Gasteiger partial charge in [0.25, 0.3) is 0 Å². The van der Waals surface area contributed by atoms with Gasteiger partial charge in [0.15, 0.2) is 11.6 Å². The third-order valence-corrected chi connectivity index (χ3v) is 4.33. The molecule has 0 spiro atoms. The SMILES string of the molecule is CSc1c(N)nc(-c2ccc(NC(=O)Nc3ccon3)cc2)nc1Cl. The zero-order valence-corrected chi connectivity index (χ0v) is 14.6. The Kier molecular flexibility index (Phi) is 5.05. The van der Waals surface area contributed by atoms with Gasteiger partial charge in [-0.05, 0) is 30.5 Å². The molecule has 0 aliphatic rings. The molecule has 0 fully saturated rings. The van der Waals surface area contributed by atoms with E-state index in [2.05, 4.69) is 30.3 Å². The van der Waals surface area contributed by atoms with Crippen LogP contribution in [-0.2, 0) is 0 Å². The van der Waals surface area contributed by atoms with Crippen LogP contribution in [0.2, 0.25) is 5.15 Å². The summed E-state index contributed by atoms with van der Waals surface area (Å²) in [6.45, 7) is 0. The molecular formula is C15H13ClN6O2S. The minimum Gasteiger partial charge on any atom is -0.383 e. The molecule has 1 aromatic carbocycles. The topological polar surface area (TPSA) is 119 Å². The number of halogens is 1. The third kappa shape index (κ3) is 4.01. The molecule has 10 heteroatoms. The summed E-state index contributed by atoms with van der Waals surface area (Å²) in [5.41, 5.74) is 7.21. The Labute approximate surface area is 152 Å². The number of aromatic nitrogens is 3. The maximum atomic E-state index is 11.8. The number of rotatable bonds is 4. The molecule has 2 heterocycles. The van der Waals surface area contributed by atoms with E-state index in [9.17, 15) is 4.79 Å². The van der Waals surface area contributed by atoms with Crippen molar-refractivity contribution in [2.45, 2.75) is 4.90 Å². The fraction of sp³-hybridized carbons (Fsp3) is 0.0667. The second-order valence-electron chi connectivity index (χ2n) is 4.80. The quantitative estimate of drug-likeness (QED) is 0.468. The summed E-state index contributed by atoms with van der Waals surface area (Å²) in [6, 6.07) is 8.05. The van der Waals surface area contributed by atoms with Crippen molar-refractivity contribution in [1.82, 2.24) is 15.1 Å². The molecule has 3 rings (SSSR count). The van der Waals surface area contributed by atoms with E-state index in [0.717, 1.165) is 5.56 Å². The maximum absolute atomic E-state index is 11.8. The van der Waals surface area contributed by atoms with Crippen LogP contribution in [0, 0.1) is 0 Å². The van der Waals surface area contributed by atoms with E-state index >= 15 is 0 Å². The third-order valence-electron chi connectivity index (χ3n) is 3.13. The highest BCUT2D eigenvalue weighted by molar-refractivity contribution is 7.98. The number of nitrogen functional groups attached to an aromatic ring is 1. The molecule has 0 atom stereocenters. The molecule has 0 aliphatic carbocycles. The molecule has 0 saturated heterocycles. The van der Waals surface area contributed by atoms with Crippen molar-refractivity contribution in [1.29, 1.82) is 0 Å². The van der Waals surface area contributed by atoms with Crippen molar-refractivity contribution in [3.05, 3.63) is 41.7 Å². The molecule has 25 heavy (non-hydrogen) atoms. The highest BCUT2D eigenvalue weighted by Gasteiger charge is 2.12. The van der Waals surface area contributed by atoms with E-state index in [1.165, 1.54) is 24.1 Å². The lowest BCUT2D eigenvalue weighted by Gasteiger charge is -2.08. The van der Waals surface area contributed by atoms with Crippen molar-refractivity contribution in [3.8, 4) is 11.4 Å². The first-order valence-corrected chi connectivity index (χ1v) is 8.63. The first kappa shape index (κ1) is 17.1. The minimum atomic E-state index is -0.436. The average Bonchev–Trinajstić information content (AvgIpc) is 3.08. The lowest BCUT2D eigenvalue weighted by atomic mass is 10.2. The van der Waals surface area contributed by atoms with Crippen LogP contribution in [0.25, 0.3) is 11.4 Å². The largest absolute Gasteiger partial charge is 0.383 e. The number of nitrogens with zero attached hydrogens (tertiary/aromatic N) is 3. The molecule has 0 radical (unpaired) electrons.